The third-order valence-corrected chi connectivity index (χ3v) is 3.89. The largest absolute Gasteiger partial charge is 0.595 e. The molecule has 4 N–H and O–H groups in total. The quantitative estimate of drug-likeness (QED) is 0.448. The molecule has 1 aromatic carbocycles. The molecular weight excluding hydrogens is 326 g/mol. The summed E-state index contributed by atoms with van der Waals surface area (Å²) in [5, 5.41) is 40.8. The lowest BCUT2D eigenvalue weighted by atomic mass is 9.81. The number of esters is 1. The van der Waals surface area contributed by atoms with Crippen LogP contribution in [0.25, 0.3) is 0 Å². The van der Waals surface area contributed by atoms with Crippen LogP contribution in [0, 0.1) is 16.5 Å². The Labute approximate surface area is 144 Å². The second kappa shape index (κ2) is 7.92. The highest BCUT2D eigenvalue weighted by atomic mass is 16.8. The first kappa shape index (κ1) is 18.6. The standard InChI is InChI=1S/C17H19N3O5/c1-10-14(9-18)16(12-4-3-5-13(8-12)20(23)24)15(11(2)19-10)17(22)25-7-6-21/h3-5,8,16,19-21,23H,6-7H2,1-2H3/t16-/m0/s1. The summed E-state index contributed by atoms with van der Waals surface area (Å²) in [6.45, 7) is 2.92. The van der Waals surface area contributed by atoms with Gasteiger partial charge in [-0.05, 0) is 19.4 Å². The predicted molar refractivity (Wildman–Crippen MR) is 87.2 cm³/mol. The zero-order valence-electron chi connectivity index (χ0n) is 13.9. The van der Waals surface area contributed by atoms with Crippen molar-refractivity contribution in [3.63, 3.8) is 0 Å². The van der Waals surface area contributed by atoms with Gasteiger partial charge >= 0.3 is 5.97 Å². The van der Waals surface area contributed by atoms with Crippen LogP contribution in [-0.4, -0.2) is 29.5 Å². The smallest absolute Gasteiger partial charge is 0.336 e. The minimum Gasteiger partial charge on any atom is -0.595 e. The number of hydrogen-bond donors (Lipinski definition) is 4. The molecular formula is C17H19N3O5. The van der Waals surface area contributed by atoms with E-state index in [2.05, 4.69) is 11.4 Å². The molecule has 1 heterocycles. The maximum atomic E-state index is 12.5. The highest BCUT2D eigenvalue weighted by molar-refractivity contribution is 5.93. The summed E-state index contributed by atoms with van der Waals surface area (Å²) in [7, 11) is 0. The highest BCUT2D eigenvalue weighted by Crippen LogP contribution is 2.38. The van der Waals surface area contributed by atoms with Gasteiger partial charge in [0, 0.05) is 23.5 Å². The van der Waals surface area contributed by atoms with Crippen LogP contribution in [-0.2, 0) is 9.53 Å². The van der Waals surface area contributed by atoms with Crippen LogP contribution >= 0.6 is 0 Å². The molecule has 0 spiro atoms. The maximum Gasteiger partial charge on any atom is 0.336 e. The molecule has 0 aromatic heterocycles. The van der Waals surface area contributed by atoms with Gasteiger partial charge in [-0.2, -0.15) is 10.5 Å². The van der Waals surface area contributed by atoms with E-state index in [1.165, 1.54) is 12.1 Å². The second-order valence-corrected chi connectivity index (χ2v) is 5.54. The van der Waals surface area contributed by atoms with Crippen LogP contribution in [0.1, 0.15) is 25.3 Å². The molecule has 1 aliphatic rings. The van der Waals surface area contributed by atoms with Crippen molar-refractivity contribution in [1.82, 2.24) is 5.32 Å². The summed E-state index contributed by atoms with van der Waals surface area (Å²) in [6.07, 6.45) is 0. The first-order valence-electron chi connectivity index (χ1n) is 7.60. The molecule has 0 saturated carbocycles. The number of dihydropyridines is 1. The van der Waals surface area contributed by atoms with E-state index in [0.29, 0.717) is 22.5 Å². The normalized spacial score (nSPS) is 18.5. The number of carbonyl (C=O) groups is 1. The van der Waals surface area contributed by atoms with Gasteiger partial charge in [0.2, 0.25) is 0 Å². The summed E-state index contributed by atoms with van der Waals surface area (Å²) in [4.78, 5) is 12.5. The molecule has 0 aliphatic carbocycles. The fourth-order valence-corrected chi connectivity index (χ4v) is 2.81. The summed E-state index contributed by atoms with van der Waals surface area (Å²) in [5.74, 6) is -1.40. The van der Waals surface area contributed by atoms with Crippen LogP contribution in [0.5, 0.6) is 0 Å². The number of nitrogens with one attached hydrogen (secondary N) is 2. The van der Waals surface area contributed by atoms with E-state index >= 15 is 0 Å². The lowest BCUT2D eigenvalue weighted by Gasteiger charge is -2.28. The molecule has 0 amide bonds. The van der Waals surface area contributed by atoms with E-state index in [9.17, 15) is 20.5 Å². The Morgan fingerprint density at radius 3 is 2.76 bits per heavy atom. The Balaban J connectivity index is 2.57. The number of carbonyl (C=O) groups excluding carboxylic acids is 1. The third kappa shape index (κ3) is 3.87. The highest BCUT2D eigenvalue weighted by Gasteiger charge is 2.34. The minimum atomic E-state index is -1.10. The van der Waals surface area contributed by atoms with Gasteiger partial charge in [0.25, 0.3) is 0 Å². The number of allylic oxidation sites excluding steroid dienone is 3. The molecule has 0 fully saturated rings. The number of quaternary nitrogens is 1. The first-order valence-corrected chi connectivity index (χ1v) is 7.60. The number of nitriles is 1. The number of aliphatic hydroxyl groups is 1. The summed E-state index contributed by atoms with van der Waals surface area (Å²) >= 11 is 0. The van der Waals surface area contributed by atoms with Gasteiger partial charge in [0.15, 0.2) is 5.69 Å². The van der Waals surface area contributed by atoms with Gasteiger partial charge < -0.3 is 20.4 Å². The zero-order chi connectivity index (χ0) is 18.6. The van der Waals surface area contributed by atoms with Gasteiger partial charge in [-0.1, -0.05) is 12.1 Å². The summed E-state index contributed by atoms with van der Waals surface area (Å²) in [5.41, 5.74) is 2.20. The molecule has 0 radical (unpaired) electrons. The van der Waals surface area contributed by atoms with Gasteiger partial charge in [-0.15, -0.1) is 0 Å². The van der Waals surface area contributed by atoms with E-state index in [1.54, 1.807) is 26.0 Å². The molecule has 0 saturated heterocycles. The maximum absolute atomic E-state index is 12.5. The molecule has 1 unspecified atom stereocenters. The van der Waals surface area contributed by atoms with Crippen molar-refractivity contribution < 1.29 is 25.1 Å². The number of benzene rings is 1. The number of hydrogen-bond acceptors (Lipinski definition) is 7. The fraction of sp³-hybridized carbons (Fsp3) is 0.294. The van der Waals surface area contributed by atoms with Crippen molar-refractivity contribution >= 4 is 11.7 Å². The van der Waals surface area contributed by atoms with Crippen LogP contribution in [0.2, 0.25) is 0 Å². The number of ether oxygens (including phenoxy) is 1. The number of aliphatic hydroxyl groups excluding tert-OH is 1. The lowest BCUT2D eigenvalue weighted by Crippen LogP contribution is -2.99. The van der Waals surface area contributed by atoms with Crippen molar-refractivity contribution in [2.75, 3.05) is 13.2 Å². The van der Waals surface area contributed by atoms with Crippen molar-refractivity contribution in [1.29, 1.82) is 5.26 Å². The summed E-state index contributed by atoms with van der Waals surface area (Å²) in [6, 6.07) is 8.20. The van der Waals surface area contributed by atoms with Gasteiger partial charge in [0.05, 0.1) is 29.7 Å². The molecule has 25 heavy (non-hydrogen) atoms. The Morgan fingerprint density at radius 2 is 2.16 bits per heavy atom. The van der Waals surface area contributed by atoms with Crippen LogP contribution in [0.4, 0.5) is 5.69 Å². The Kier molecular flexibility index (Phi) is 5.90. The van der Waals surface area contributed by atoms with Gasteiger partial charge in [-0.3, -0.25) is 0 Å². The van der Waals surface area contributed by atoms with Crippen LogP contribution in [0.15, 0.2) is 46.8 Å². The SMILES string of the molecule is CC1=C(C#N)[C@H](c2cccc([NH+]([O-])O)c2)C(C(=O)OCCO)=C(C)N1. The number of nitrogens with zero attached hydrogens (tertiary/aromatic N) is 1. The fourth-order valence-electron chi connectivity index (χ4n) is 2.81. The van der Waals surface area contributed by atoms with Crippen molar-refractivity contribution in [3.05, 3.63) is 57.6 Å². The zero-order valence-corrected chi connectivity index (χ0v) is 13.9. The van der Waals surface area contributed by atoms with E-state index < -0.39 is 17.1 Å². The molecule has 2 atom stereocenters. The molecule has 8 heteroatoms. The van der Waals surface area contributed by atoms with Crippen molar-refractivity contribution in [2.45, 2.75) is 19.8 Å². The molecule has 1 aliphatic heterocycles. The Bertz CT molecular complexity index is 777. The van der Waals surface area contributed by atoms with E-state index in [1.807, 2.05) is 0 Å². The van der Waals surface area contributed by atoms with Crippen LogP contribution < -0.4 is 10.5 Å². The monoisotopic (exact) mass is 345 g/mol. The molecule has 132 valence electrons. The number of rotatable bonds is 5. The predicted octanol–water partition coefficient (Wildman–Crippen LogP) is 0.384. The lowest BCUT2D eigenvalue weighted by molar-refractivity contribution is -0.991. The molecule has 2 rings (SSSR count). The second-order valence-electron chi connectivity index (χ2n) is 5.54. The van der Waals surface area contributed by atoms with E-state index in [-0.39, 0.29) is 24.5 Å². The van der Waals surface area contributed by atoms with Crippen molar-refractivity contribution in [2.24, 2.45) is 0 Å². The average Bonchev–Trinajstić information content (AvgIpc) is 2.59. The molecule has 0 bridgehead atoms. The first-order chi connectivity index (χ1) is 11.9. The van der Waals surface area contributed by atoms with E-state index in [4.69, 9.17) is 9.84 Å². The average molecular weight is 345 g/mol. The summed E-state index contributed by atoms with van der Waals surface area (Å²) < 4.78 is 5.02. The molecule has 1 aromatic rings. The van der Waals surface area contributed by atoms with Gasteiger partial charge in [-0.25, -0.2) is 10.0 Å². The van der Waals surface area contributed by atoms with Gasteiger partial charge in [0.1, 0.15) is 6.61 Å². The third-order valence-electron chi connectivity index (χ3n) is 3.89. The minimum absolute atomic E-state index is 0.0618. The topological polar surface area (TPSA) is 130 Å². The molecule has 8 nitrogen and oxygen atoms in total. The van der Waals surface area contributed by atoms with Crippen molar-refractivity contribution in [3.8, 4) is 6.07 Å². The van der Waals surface area contributed by atoms with Crippen LogP contribution in [0.3, 0.4) is 0 Å². The Hall–Kier alpha value is -2.70. The Morgan fingerprint density at radius 1 is 1.44 bits per heavy atom. The van der Waals surface area contributed by atoms with E-state index in [0.717, 1.165) is 0 Å².